The minimum absolute atomic E-state index is 0. The van der Waals surface area contributed by atoms with Crippen molar-refractivity contribution in [3.05, 3.63) is 52.5 Å². The standard InChI is InChI=1S/C15H18Cl2N2.ClH/c1-2-3-4-12(10-19-8-7-18-11-19)14-6-5-13(16)9-15(14)17;/h5-9,11-12H,2-4,10H2,1H3;1H. The van der Waals surface area contributed by atoms with Crippen molar-refractivity contribution in [3.8, 4) is 0 Å². The number of aromatic nitrogens is 2. The van der Waals surface area contributed by atoms with E-state index >= 15 is 0 Å². The maximum Gasteiger partial charge on any atom is 0.0946 e. The molecule has 1 aromatic carbocycles. The summed E-state index contributed by atoms with van der Waals surface area (Å²) in [6.45, 7) is 3.11. The second kappa shape index (κ2) is 8.56. The zero-order valence-corrected chi connectivity index (χ0v) is 13.8. The van der Waals surface area contributed by atoms with Gasteiger partial charge in [-0.15, -0.1) is 12.4 Å². The van der Waals surface area contributed by atoms with E-state index < -0.39 is 0 Å². The van der Waals surface area contributed by atoms with E-state index in [0.29, 0.717) is 10.9 Å². The Bertz CT molecular complexity index is 512. The minimum atomic E-state index is 0. The van der Waals surface area contributed by atoms with Crippen LogP contribution < -0.4 is 0 Å². The Labute approximate surface area is 136 Å². The summed E-state index contributed by atoms with van der Waals surface area (Å²) >= 11 is 12.3. The van der Waals surface area contributed by atoms with E-state index in [2.05, 4.69) is 16.5 Å². The Morgan fingerprint density at radius 3 is 2.70 bits per heavy atom. The fourth-order valence-electron chi connectivity index (χ4n) is 2.28. The van der Waals surface area contributed by atoms with E-state index in [0.717, 1.165) is 18.0 Å². The van der Waals surface area contributed by atoms with Crippen LogP contribution in [0.2, 0.25) is 10.0 Å². The van der Waals surface area contributed by atoms with Gasteiger partial charge in [-0.1, -0.05) is 49.0 Å². The van der Waals surface area contributed by atoms with Crippen molar-refractivity contribution in [2.45, 2.75) is 38.6 Å². The van der Waals surface area contributed by atoms with Gasteiger partial charge < -0.3 is 4.57 Å². The van der Waals surface area contributed by atoms with Gasteiger partial charge in [-0.05, 0) is 24.1 Å². The van der Waals surface area contributed by atoms with Crippen LogP contribution in [0.3, 0.4) is 0 Å². The van der Waals surface area contributed by atoms with Crippen LogP contribution in [0.15, 0.2) is 36.9 Å². The number of benzene rings is 1. The van der Waals surface area contributed by atoms with E-state index in [1.165, 1.54) is 18.4 Å². The summed E-state index contributed by atoms with van der Waals surface area (Å²) in [5, 5.41) is 1.44. The summed E-state index contributed by atoms with van der Waals surface area (Å²) in [6.07, 6.45) is 9.14. The predicted molar refractivity (Wildman–Crippen MR) is 88.2 cm³/mol. The molecule has 2 nitrogen and oxygen atoms in total. The van der Waals surface area contributed by atoms with E-state index in [1.807, 2.05) is 30.7 Å². The summed E-state index contributed by atoms with van der Waals surface area (Å²) in [5.41, 5.74) is 1.17. The molecule has 0 spiro atoms. The summed E-state index contributed by atoms with van der Waals surface area (Å²) in [4.78, 5) is 4.09. The third-order valence-electron chi connectivity index (χ3n) is 3.30. The van der Waals surface area contributed by atoms with Crippen molar-refractivity contribution in [2.24, 2.45) is 0 Å². The number of nitrogens with zero attached hydrogens (tertiary/aromatic N) is 2. The molecule has 20 heavy (non-hydrogen) atoms. The maximum atomic E-state index is 6.33. The van der Waals surface area contributed by atoms with Gasteiger partial charge in [-0.2, -0.15) is 0 Å². The second-order valence-electron chi connectivity index (χ2n) is 4.76. The first kappa shape index (κ1) is 17.4. The minimum Gasteiger partial charge on any atom is -0.337 e. The summed E-state index contributed by atoms with van der Waals surface area (Å²) in [7, 11) is 0. The third kappa shape index (κ3) is 4.69. The highest BCUT2D eigenvalue weighted by molar-refractivity contribution is 6.35. The van der Waals surface area contributed by atoms with Crippen LogP contribution in [0.4, 0.5) is 0 Å². The van der Waals surface area contributed by atoms with Gasteiger partial charge in [-0.25, -0.2) is 4.98 Å². The first-order chi connectivity index (χ1) is 9.20. The predicted octanol–water partition coefficient (Wildman–Crippen LogP) is 5.59. The topological polar surface area (TPSA) is 17.8 Å². The molecule has 1 atom stereocenters. The molecule has 0 N–H and O–H groups in total. The number of hydrogen-bond donors (Lipinski definition) is 0. The molecule has 0 radical (unpaired) electrons. The van der Waals surface area contributed by atoms with Crippen molar-refractivity contribution in [1.82, 2.24) is 9.55 Å². The molecule has 0 aliphatic carbocycles. The van der Waals surface area contributed by atoms with Gasteiger partial charge in [0.1, 0.15) is 0 Å². The zero-order valence-electron chi connectivity index (χ0n) is 11.4. The van der Waals surface area contributed by atoms with Gasteiger partial charge in [0.25, 0.3) is 0 Å². The van der Waals surface area contributed by atoms with Crippen molar-refractivity contribution in [3.63, 3.8) is 0 Å². The molecule has 0 bridgehead atoms. The Kier molecular flexibility index (Phi) is 7.42. The lowest BCUT2D eigenvalue weighted by molar-refractivity contribution is 0.505. The van der Waals surface area contributed by atoms with Crippen LogP contribution in [0.5, 0.6) is 0 Å². The summed E-state index contributed by atoms with van der Waals surface area (Å²) in [5.74, 6) is 0.402. The fraction of sp³-hybridized carbons (Fsp3) is 0.400. The molecule has 0 saturated carbocycles. The molecular formula is C15H19Cl3N2. The lowest BCUT2D eigenvalue weighted by Gasteiger charge is -2.19. The maximum absolute atomic E-state index is 6.33. The monoisotopic (exact) mass is 332 g/mol. The molecule has 2 aromatic rings. The summed E-state index contributed by atoms with van der Waals surface area (Å²) < 4.78 is 2.10. The molecule has 110 valence electrons. The molecule has 0 fully saturated rings. The van der Waals surface area contributed by atoms with E-state index in [9.17, 15) is 0 Å². The zero-order chi connectivity index (χ0) is 13.7. The van der Waals surface area contributed by atoms with Crippen LogP contribution in [-0.2, 0) is 6.54 Å². The lowest BCUT2D eigenvalue weighted by atomic mass is 9.93. The highest BCUT2D eigenvalue weighted by atomic mass is 35.5. The van der Waals surface area contributed by atoms with Gasteiger partial charge in [0, 0.05) is 34.9 Å². The quantitative estimate of drug-likeness (QED) is 0.674. The van der Waals surface area contributed by atoms with Crippen molar-refractivity contribution >= 4 is 35.6 Å². The van der Waals surface area contributed by atoms with Crippen LogP contribution in [-0.4, -0.2) is 9.55 Å². The molecule has 2 rings (SSSR count). The Hall–Kier alpha value is -0.700. The molecule has 5 heteroatoms. The average Bonchev–Trinajstić information content (AvgIpc) is 2.88. The van der Waals surface area contributed by atoms with Gasteiger partial charge in [-0.3, -0.25) is 0 Å². The van der Waals surface area contributed by atoms with Crippen LogP contribution in [0, 0.1) is 0 Å². The van der Waals surface area contributed by atoms with Crippen LogP contribution in [0.1, 0.15) is 37.7 Å². The third-order valence-corrected chi connectivity index (χ3v) is 3.86. The van der Waals surface area contributed by atoms with E-state index in [1.54, 1.807) is 6.20 Å². The largest absolute Gasteiger partial charge is 0.337 e. The fourth-order valence-corrected chi connectivity index (χ4v) is 2.84. The van der Waals surface area contributed by atoms with Crippen LogP contribution in [0.25, 0.3) is 0 Å². The molecule has 0 amide bonds. The molecule has 1 heterocycles. The first-order valence-corrected chi connectivity index (χ1v) is 7.37. The smallest absolute Gasteiger partial charge is 0.0946 e. The average molecular weight is 334 g/mol. The number of imidazole rings is 1. The van der Waals surface area contributed by atoms with Crippen molar-refractivity contribution in [1.29, 1.82) is 0 Å². The van der Waals surface area contributed by atoms with Crippen molar-refractivity contribution < 1.29 is 0 Å². The molecule has 1 aromatic heterocycles. The second-order valence-corrected chi connectivity index (χ2v) is 5.61. The highest BCUT2D eigenvalue weighted by Crippen LogP contribution is 2.31. The van der Waals surface area contributed by atoms with E-state index in [-0.39, 0.29) is 12.4 Å². The number of hydrogen-bond acceptors (Lipinski definition) is 1. The van der Waals surface area contributed by atoms with Gasteiger partial charge in [0.2, 0.25) is 0 Å². The SMILES string of the molecule is CCCCC(Cn1ccnc1)c1ccc(Cl)cc1Cl.Cl. The van der Waals surface area contributed by atoms with Gasteiger partial charge in [0.15, 0.2) is 0 Å². The first-order valence-electron chi connectivity index (χ1n) is 6.61. The van der Waals surface area contributed by atoms with Crippen LogP contribution >= 0.6 is 35.6 Å². The van der Waals surface area contributed by atoms with Gasteiger partial charge in [0.05, 0.1) is 6.33 Å². The van der Waals surface area contributed by atoms with Gasteiger partial charge >= 0.3 is 0 Å². The normalized spacial score (nSPS) is 11.9. The number of rotatable bonds is 6. The lowest BCUT2D eigenvalue weighted by Crippen LogP contribution is -2.09. The Balaban J connectivity index is 0.00000200. The highest BCUT2D eigenvalue weighted by Gasteiger charge is 2.15. The van der Waals surface area contributed by atoms with E-state index in [4.69, 9.17) is 23.2 Å². The molecule has 0 saturated heterocycles. The number of unbranched alkanes of at least 4 members (excludes halogenated alkanes) is 1. The summed E-state index contributed by atoms with van der Waals surface area (Å²) in [6, 6.07) is 5.78. The molecule has 0 aliphatic rings. The number of halogens is 3. The molecule has 1 unspecified atom stereocenters. The Morgan fingerprint density at radius 2 is 2.10 bits per heavy atom. The Morgan fingerprint density at radius 1 is 1.30 bits per heavy atom. The molecule has 0 aliphatic heterocycles. The van der Waals surface area contributed by atoms with Crippen molar-refractivity contribution in [2.75, 3.05) is 0 Å². The molecular weight excluding hydrogens is 315 g/mol.